The van der Waals surface area contributed by atoms with Crippen LogP contribution in [-0.4, -0.2) is 47.1 Å². The quantitative estimate of drug-likeness (QED) is 0.183. The number of thiazole rings is 1. The standard InChI is InChI=1S/C36H30FN3O7S2/c1-2-46-35(44)18-3-11-21(12-4-18)40-33(42)28-23-15-24(29(28)34(40)43)30-27(23)26(31-32(48-30)39-36(45)49-31)17-5-13-22(14-6-17)47-16-25(41)38-20-9-7-19(37)8-10-20/h3-14,23-24,26-30H,2,15-16H2,1H3,(H,38,41)(H,39,45)/t23-,24-,26+,27-,28+,29+,30-/m1/s1. The number of amides is 3. The van der Waals surface area contributed by atoms with Crippen LogP contribution < -0.4 is 19.8 Å². The first kappa shape index (κ1) is 31.5. The molecule has 1 saturated heterocycles. The molecule has 0 spiro atoms. The van der Waals surface area contributed by atoms with E-state index in [1.807, 2.05) is 12.1 Å². The number of H-pyrrole nitrogens is 1. The third-order valence-electron chi connectivity index (χ3n) is 10.1. The molecule has 3 aromatic carbocycles. The van der Waals surface area contributed by atoms with Crippen molar-refractivity contribution in [3.63, 3.8) is 0 Å². The van der Waals surface area contributed by atoms with Crippen LogP contribution in [0.2, 0.25) is 0 Å². The third-order valence-corrected chi connectivity index (χ3v) is 12.7. The van der Waals surface area contributed by atoms with Gasteiger partial charge in [-0.15, -0.1) is 11.8 Å². The first-order chi connectivity index (χ1) is 23.7. The Balaban J connectivity index is 1.03. The summed E-state index contributed by atoms with van der Waals surface area (Å²) >= 11 is 2.80. The summed E-state index contributed by atoms with van der Waals surface area (Å²) in [4.78, 5) is 70.3. The van der Waals surface area contributed by atoms with Gasteiger partial charge in [-0.3, -0.25) is 24.1 Å². The maximum atomic E-state index is 14.1. The number of rotatable bonds is 8. The maximum Gasteiger partial charge on any atom is 0.338 e. The van der Waals surface area contributed by atoms with Crippen molar-refractivity contribution in [2.75, 3.05) is 23.4 Å². The van der Waals surface area contributed by atoms with E-state index in [1.165, 1.54) is 40.5 Å². The molecule has 7 atom stereocenters. The molecule has 49 heavy (non-hydrogen) atoms. The normalized spacial score (nSPS) is 26.2. The van der Waals surface area contributed by atoms with Crippen LogP contribution in [0.5, 0.6) is 5.75 Å². The monoisotopic (exact) mass is 699 g/mol. The molecule has 250 valence electrons. The Labute approximate surface area is 288 Å². The molecule has 3 amide bonds. The van der Waals surface area contributed by atoms with E-state index in [1.54, 1.807) is 55.1 Å². The molecule has 2 aliphatic carbocycles. The lowest BCUT2D eigenvalue weighted by Gasteiger charge is -2.43. The fraction of sp³-hybridized carbons (Fsp3) is 0.306. The Bertz CT molecular complexity index is 2030. The Morgan fingerprint density at radius 2 is 1.63 bits per heavy atom. The molecule has 3 heterocycles. The van der Waals surface area contributed by atoms with Crippen LogP contribution in [0, 0.1) is 35.4 Å². The average Bonchev–Trinajstić information content (AvgIpc) is 3.84. The molecular formula is C36H30FN3O7S2. The summed E-state index contributed by atoms with van der Waals surface area (Å²) in [5.74, 6) is -2.35. The first-order valence-electron chi connectivity index (χ1n) is 16.0. The number of imide groups is 1. The summed E-state index contributed by atoms with van der Waals surface area (Å²) in [6, 6.07) is 19.3. The Morgan fingerprint density at radius 3 is 2.33 bits per heavy atom. The van der Waals surface area contributed by atoms with Crippen molar-refractivity contribution in [3.05, 3.63) is 104 Å². The van der Waals surface area contributed by atoms with E-state index in [2.05, 4.69) is 10.3 Å². The van der Waals surface area contributed by atoms with Crippen molar-refractivity contribution in [2.45, 2.75) is 29.5 Å². The molecule has 3 fully saturated rings. The van der Waals surface area contributed by atoms with E-state index in [-0.39, 0.29) is 64.7 Å². The molecule has 0 radical (unpaired) electrons. The molecule has 2 N–H and O–H groups in total. The number of hydrogen-bond donors (Lipinski definition) is 2. The Morgan fingerprint density at radius 1 is 0.939 bits per heavy atom. The number of nitrogens with zero attached hydrogens (tertiary/aromatic N) is 1. The molecular weight excluding hydrogens is 670 g/mol. The van der Waals surface area contributed by atoms with Crippen LogP contribution in [0.3, 0.4) is 0 Å². The highest BCUT2D eigenvalue weighted by Crippen LogP contribution is 2.68. The smallest absolute Gasteiger partial charge is 0.338 e. The summed E-state index contributed by atoms with van der Waals surface area (Å²) in [5, 5.41) is 3.51. The number of benzene rings is 3. The summed E-state index contributed by atoms with van der Waals surface area (Å²) in [6.07, 6.45) is 0.755. The van der Waals surface area contributed by atoms with Gasteiger partial charge in [0.25, 0.3) is 5.91 Å². The lowest BCUT2D eigenvalue weighted by molar-refractivity contribution is -0.123. The van der Waals surface area contributed by atoms with E-state index in [4.69, 9.17) is 9.47 Å². The number of aromatic nitrogens is 1. The molecule has 4 aliphatic rings. The number of halogens is 1. The fourth-order valence-electron chi connectivity index (χ4n) is 8.26. The van der Waals surface area contributed by atoms with Gasteiger partial charge in [-0.05, 0) is 97.3 Å². The van der Waals surface area contributed by atoms with Crippen LogP contribution in [0.15, 0.2) is 82.6 Å². The minimum atomic E-state index is -0.467. The number of carbonyl (C=O) groups is 4. The van der Waals surface area contributed by atoms with Gasteiger partial charge >= 0.3 is 10.8 Å². The van der Waals surface area contributed by atoms with Crippen molar-refractivity contribution in [3.8, 4) is 5.75 Å². The highest BCUT2D eigenvalue weighted by molar-refractivity contribution is 8.00. The molecule has 13 heteroatoms. The van der Waals surface area contributed by atoms with Gasteiger partial charge in [0.15, 0.2) is 6.61 Å². The predicted molar refractivity (Wildman–Crippen MR) is 180 cm³/mol. The van der Waals surface area contributed by atoms with Gasteiger partial charge in [0.2, 0.25) is 11.8 Å². The van der Waals surface area contributed by atoms with Crippen LogP contribution in [0.4, 0.5) is 15.8 Å². The number of thioether (sulfide) groups is 1. The molecule has 2 aliphatic heterocycles. The molecule has 1 aromatic heterocycles. The van der Waals surface area contributed by atoms with Gasteiger partial charge in [-0.1, -0.05) is 23.5 Å². The summed E-state index contributed by atoms with van der Waals surface area (Å²) < 4.78 is 24.0. The number of esters is 1. The number of fused-ring (bicyclic) bond motifs is 9. The van der Waals surface area contributed by atoms with E-state index in [9.17, 15) is 28.4 Å². The maximum absolute atomic E-state index is 14.1. The zero-order valence-corrected chi connectivity index (χ0v) is 27.7. The van der Waals surface area contributed by atoms with Crippen LogP contribution >= 0.6 is 23.1 Å². The Hall–Kier alpha value is -4.75. The van der Waals surface area contributed by atoms with E-state index < -0.39 is 23.6 Å². The van der Waals surface area contributed by atoms with Crippen molar-refractivity contribution >= 4 is 58.2 Å². The number of nitrogens with one attached hydrogen (secondary N) is 2. The fourth-order valence-corrected chi connectivity index (χ4v) is 11.1. The predicted octanol–water partition coefficient (Wildman–Crippen LogP) is 5.45. The van der Waals surface area contributed by atoms with E-state index >= 15 is 0 Å². The molecule has 2 bridgehead atoms. The van der Waals surface area contributed by atoms with Gasteiger partial charge in [0.05, 0.1) is 34.7 Å². The second-order valence-electron chi connectivity index (χ2n) is 12.7. The average molecular weight is 700 g/mol. The van der Waals surface area contributed by atoms with E-state index in [0.717, 1.165) is 21.9 Å². The number of hydrogen-bond acceptors (Lipinski definition) is 9. The summed E-state index contributed by atoms with van der Waals surface area (Å²) in [7, 11) is 0. The zero-order valence-electron chi connectivity index (χ0n) is 26.1. The minimum Gasteiger partial charge on any atom is -0.484 e. The second-order valence-corrected chi connectivity index (χ2v) is 14.9. The zero-order chi connectivity index (χ0) is 34.0. The number of ether oxygens (including phenoxy) is 2. The van der Waals surface area contributed by atoms with Crippen molar-refractivity contribution in [1.29, 1.82) is 0 Å². The summed E-state index contributed by atoms with van der Waals surface area (Å²) in [5.41, 5.74) is 2.21. The van der Waals surface area contributed by atoms with Crippen LogP contribution in [0.1, 0.15) is 40.1 Å². The van der Waals surface area contributed by atoms with Crippen LogP contribution in [0.25, 0.3) is 0 Å². The van der Waals surface area contributed by atoms with E-state index in [0.29, 0.717) is 22.7 Å². The minimum absolute atomic E-state index is 0.0198. The van der Waals surface area contributed by atoms with Crippen molar-refractivity contribution in [2.24, 2.45) is 29.6 Å². The Kier molecular flexibility index (Phi) is 7.91. The largest absolute Gasteiger partial charge is 0.484 e. The van der Waals surface area contributed by atoms with Gasteiger partial charge in [0.1, 0.15) is 11.6 Å². The summed E-state index contributed by atoms with van der Waals surface area (Å²) in [6.45, 7) is 1.73. The number of aromatic amines is 1. The lowest BCUT2D eigenvalue weighted by Crippen LogP contribution is -2.42. The second kappa shape index (κ2) is 12.3. The SMILES string of the molecule is CCOC(=O)c1ccc(N2C(=O)[C@H]3[C@H]4C[C@@H]([C@@H]3C2=O)[C@@H]2[C@H](c3ccc(OCC(=O)Nc5ccc(F)cc5)cc3)c3sc(=O)[nH]c3S[C@H]42)cc1. The number of carbonyl (C=O) groups excluding carboxylic acids is 4. The van der Waals surface area contributed by atoms with Crippen LogP contribution in [-0.2, 0) is 19.1 Å². The molecule has 0 unspecified atom stereocenters. The third kappa shape index (κ3) is 5.35. The van der Waals surface area contributed by atoms with Crippen molar-refractivity contribution < 1.29 is 33.0 Å². The van der Waals surface area contributed by atoms with Gasteiger partial charge in [-0.2, -0.15) is 0 Å². The van der Waals surface area contributed by atoms with Gasteiger partial charge < -0.3 is 19.8 Å². The van der Waals surface area contributed by atoms with Gasteiger partial charge in [0, 0.05) is 21.7 Å². The first-order valence-corrected chi connectivity index (χ1v) is 17.7. The lowest BCUT2D eigenvalue weighted by atomic mass is 9.68. The molecule has 8 rings (SSSR count). The topological polar surface area (TPSA) is 135 Å². The highest BCUT2D eigenvalue weighted by atomic mass is 32.2. The number of anilines is 2. The molecule has 4 aromatic rings. The van der Waals surface area contributed by atoms with Gasteiger partial charge in [-0.25, -0.2) is 9.18 Å². The molecule has 2 saturated carbocycles. The van der Waals surface area contributed by atoms with Crippen molar-refractivity contribution in [1.82, 2.24) is 4.98 Å². The molecule has 10 nitrogen and oxygen atoms in total. The highest BCUT2D eigenvalue weighted by Gasteiger charge is 2.69.